The zero-order chi connectivity index (χ0) is 14.3. The predicted octanol–water partition coefficient (Wildman–Crippen LogP) is 4.45. The number of hydrogen-bond donors (Lipinski definition) is 1. The molecule has 1 nitrogen and oxygen atoms in total. The third kappa shape index (κ3) is 6.24. The van der Waals surface area contributed by atoms with E-state index in [2.05, 4.69) is 64.2 Å². The SMILES string of the molecule is CCC(C)C(CNCC(C)C)Cc1cccc(C)c1. The Bertz CT molecular complexity index is 356. The first-order valence-corrected chi connectivity index (χ1v) is 7.79. The van der Waals surface area contributed by atoms with E-state index in [0.717, 1.165) is 30.8 Å². The molecule has 2 unspecified atom stereocenters. The van der Waals surface area contributed by atoms with Crippen molar-refractivity contribution in [3.05, 3.63) is 35.4 Å². The van der Waals surface area contributed by atoms with Crippen molar-refractivity contribution in [1.82, 2.24) is 5.32 Å². The molecule has 0 radical (unpaired) electrons. The van der Waals surface area contributed by atoms with Gasteiger partial charge in [-0.1, -0.05) is 63.9 Å². The summed E-state index contributed by atoms with van der Waals surface area (Å²) in [5.41, 5.74) is 2.85. The summed E-state index contributed by atoms with van der Waals surface area (Å²) in [6.07, 6.45) is 2.46. The fourth-order valence-electron chi connectivity index (χ4n) is 2.51. The van der Waals surface area contributed by atoms with Crippen LogP contribution in [0.5, 0.6) is 0 Å². The number of nitrogens with one attached hydrogen (secondary N) is 1. The largest absolute Gasteiger partial charge is 0.316 e. The van der Waals surface area contributed by atoms with E-state index < -0.39 is 0 Å². The van der Waals surface area contributed by atoms with Gasteiger partial charge in [0.15, 0.2) is 0 Å². The second-order valence-electron chi connectivity index (χ2n) is 6.39. The number of aryl methyl sites for hydroxylation is 1. The highest BCUT2D eigenvalue weighted by Crippen LogP contribution is 2.20. The fourth-order valence-corrected chi connectivity index (χ4v) is 2.51. The summed E-state index contributed by atoms with van der Waals surface area (Å²) in [6.45, 7) is 13.7. The van der Waals surface area contributed by atoms with Gasteiger partial charge in [-0.2, -0.15) is 0 Å². The fraction of sp³-hybridized carbons (Fsp3) is 0.667. The Morgan fingerprint density at radius 2 is 1.84 bits per heavy atom. The minimum atomic E-state index is 0.733. The van der Waals surface area contributed by atoms with Gasteiger partial charge in [0.1, 0.15) is 0 Å². The summed E-state index contributed by atoms with van der Waals surface area (Å²) in [6, 6.07) is 8.96. The maximum Gasteiger partial charge on any atom is -0.00147 e. The molecule has 0 spiro atoms. The van der Waals surface area contributed by atoms with Crippen LogP contribution >= 0.6 is 0 Å². The van der Waals surface area contributed by atoms with Crippen LogP contribution < -0.4 is 5.32 Å². The van der Waals surface area contributed by atoms with Gasteiger partial charge >= 0.3 is 0 Å². The molecule has 0 aliphatic heterocycles. The molecule has 1 aromatic carbocycles. The summed E-state index contributed by atoms with van der Waals surface area (Å²) in [5, 5.41) is 3.64. The first-order chi connectivity index (χ1) is 9.02. The molecule has 108 valence electrons. The minimum Gasteiger partial charge on any atom is -0.316 e. The van der Waals surface area contributed by atoms with E-state index >= 15 is 0 Å². The van der Waals surface area contributed by atoms with E-state index in [1.54, 1.807) is 0 Å². The Balaban J connectivity index is 2.58. The Morgan fingerprint density at radius 3 is 2.42 bits per heavy atom. The third-order valence-electron chi connectivity index (χ3n) is 3.99. The average molecular weight is 261 g/mol. The van der Waals surface area contributed by atoms with Gasteiger partial charge in [-0.05, 0) is 49.8 Å². The van der Waals surface area contributed by atoms with Crippen molar-refractivity contribution in [2.24, 2.45) is 17.8 Å². The standard InChI is InChI=1S/C18H31N/c1-6-16(5)18(13-19-12-14(2)3)11-17-9-7-8-15(4)10-17/h7-10,14,16,18-19H,6,11-13H2,1-5H3. The number of benzene rings is 1. The zero-order valence-corrected chi connectivity index (χ0v) is 13.4. The lowest BCUT2D eigenvalue weighted by atomic mass is 9.86. The molecule has 0 aliphatic rings. The van der Waals surface area contributed by atoms with Crippen LogP contribution in [0.3, 0.4) is 0 Å². The second kappa shape index (κ2) is 8.37. The van der Waals surface area contributed by atoms with Crippen molar-refractivity contribution in [3.63, 3.8) is 0 Å². The van der Waals surface area contributed by atoms with E-state index in [1.807, 2.05) is 0 Å². The van der Waals surface area contributed by atoms with Gasteiger partial charge < -0.3 is 5.32 Å². The molecule has 2 atom stereocenters. The molecular formula is C18H31N. The molecule has 0 saturated heterocycles. The molecule has 19 heavy (non-hydrogen) atoms. The Morgan fingerprint density at radius 1 is 1.11 bits per heavy atom. The Hall–Kier alpha value is -0.820. The van der Waals surface area contributed by atoms with Crippen LogP contribution in [0.4, 0.5) is 0 Å². The normalized spacial score (nSPS) is 14.6. The molecule has 0 heterocycles. The highest BCUT2D eigenvalue weighted by atomic mass is 14.9. The van der Waals surface area contributed by atoms with Crippen LogP contribution in [0.1, 0.15) is 45.2 Å². The summed E-state index contributed by atoms with van der Waals surface area (Å²) in [5.74, 6) is 2.25. The molecule has 1 N–H and O–H groups in total. The molecular weight excluding hydrogens is 230 g/mol. The molecule has 0 bridgehead atoms. The van der Waals surface area contributed by atoms with Gasteiger partial charge in [-0.3, -0.25) is 0 Å². The van der Waals surface area contributed by atoms with Crippen molar-refractivity contribution < 1.29 is 0 Å². The van der Waals surface area contributed by atoms with Gasteiger partial charge in [0.2, 0.25) is 0 Å². The molecule has 0 saturated carbocycles. The topological polar surface area (TPSA) is 12.0 Å². The Labute approximate surface area is 119 Å². The van der Waals surface area contributed by atoms with Gasteiger partial charge in [0, 0.05) is 0 Å². The van der Waals surface area contributed by atoms with Gasteiger partial charge in [0.25, 0.3) is 0 Å². The molecule has 1 aromatic rings. The first-order valence-electron chi connectivity index (χ1n) is 7.79. The van der Waals surface area contributed by atoms with Crippen molar-refractivity contribution in [2.75, 3.05) is 13.1 Å². The van der Waals surface area contributed by atoms with Crippen molar-refractivity contribution in [2.45, 2.75) is 47.5 Å². The van der Waals surface area contributed by atoms with Crippen LogP contribution in [-0.2, 0) is 6.42 Å². The van der Waals surface area contributed by atoms with Gasteiger partial charge in [-0.25, -0.2) is 0 Å². The molecule has 0 amide bonds. The first kappa shape index (κ1) is 16.2. The summed E-state index contributed by atoms with van der Waals surface area (Å²) in [7, 11) is 0. The van der Waals surface area contributed by atoms with Crippen LogP contribution in [0.15, 0.2) is 24.3 Å². The van der Waals surface area contributed by atoms with E-state index in [0.29, 0.717) is 0 Å². The summed E-state index contributed by atoms with van der Waals surface area (Å²) in [4.78, 5) is 0. The van der Waals surface area contributed by atoms with Crippen LogP contribution in [0.25, 0.3) is 0 Å². The smallest absolute Gasteiger partial charge is 0.00147 e. The van der Waals surface area contributed by atoms with Crippen molar-refractivity contribution >= 4 is 0 Å². The summed E-state index contributed by atoms with van der Waals surface area (Å²) >= 11 is 0. The van der Waals surface area contributed by atoms with Crippen molar-refractivity contribution in [3.8, 4) is 0 Å². The quantitative estimate of drug-likeness (QED) is 0.729. The molecule has 1 heteroatoms. The Kier molecular flexibility index (Phi) is 7.15. The zero-order valence-electron chi connectivity index (χ0n) is 13.4. The highest BCUT2D eigenvalue weighted by Gasteiger charge is 2.16. The molecule has 1 rings (SSSR count). The second-order valence-corrected chi connectivity index (χ2v) is 6.39. The maximum atomic E-state index is 3.64. The molecule has 0 aromatic heterocycles. The lowest BCUT2D eigenvalue weighted by Crippen LogP contribution is -2.31. The van der Waals surface area contributed by atoms with E-state index in [4.69, 9.17) is 0 Å². The minimum absolute atomic E-state index is 0.733. The number of rotatable bonds is 8. The molecule has 0 fully saturated rings. The predicted molar refractivity (Wildman–Crippen MR) is 85.5 cm³/mol. The monoisotopic (exact) mass is 261 g/mol. The summed E-state index contributed by atoms with van der Waals surface area (Å²) < 4.78 is 0. The van der Waals surface area contributed by atoms with Gasteiger partial charge in [0.05, 0.1) is 0 Å². The van der Waals surface area contributed by atoms with Crippen LogP contribution in [0, 0.1) is 24.7 Å². The molecule has 0 aliphatic carbocycles. The highest BCUT2D eigenvalue weighted by molar-refractivity contribution is 5.22. The van der Waals surface area contributed by atoms with Crippen LogP contribution in [-0.4, -0.2) is 13.1 Å². The lowest BCUT2D eigenvalue weighted by Gasteiger charge is -2.24. The lowest BCUT2D eigenvalue weighted by molar-refractivity contribution is 0.324. The third-order valence-corrected chi connectivity index (χ3v) is 3.99. The maximum absolute atomic E-state index is 3.64. The van der Waals surface area contributed by atoms with Crippen LogP contribution in [0.2, 0.25) is 0 Å². The van der Waals surface area contributed by atoms with E-state index in [1.165, 1.54) is 24.0 Å². The van der Waals surface area contributed by atoms with Crippen molar-refractivity contribution in [1.29, 1.82) is 0 Å². The number of hydrogen-bond acceptors (Lipinski definition) is 1. The van der Waals surface area contributed by atoms with Gasteiger partial charge in [-0.15, -0.1) is 0 Å². The van der Waals surface area contributed by atoms with E-state index in [-0.39, 0.29) is 0 Å². The van der Waals surface area contributed by atoms with E-state index in [9.17, 15) is 0 Å². The average Bonchev–Trinajstić information content (AvgIpc) is 2.36.